The largest absolute Gasteiger partial charge is 0.494 e. The molecule has 0 aromatic heterocycles. The summed E-state index contributed by atoms with van der Waals surface area (Å²) >= 11 is 0. The Bertz CT molecular complexity index is 482. The Morgan fingerprint density at radius 2 is 1.96 bits per heavy atom. The van der Waals surface area contributed by atoms with Crippen molar-refractivity contribution in [3.05, 3.63) is 30.1 Å². The fourth-order valence-corrected chi connectivity index (χ4v) is 2.70. The van der Waals surface area contributed by atoms with Gasteiger partial charge >= 0.3 is 0 Å². The fourth-order valence-electron chi connectivity index (χ4n) is 2.70. The van der Waals surface area contributed by atoms with Crippen LogP contribution in [0.5, 0.6) is 5.75 Å². The van der Waals surface area contributed by atoms with E-state index in [9.17, 15) is 4.39 Å². The van der Waals surface area contributed by atoms with Crippen LogP contribution in [0.15, 0.2) is 29.3 Å². The normalized spacial score (nSPS) is 16.5. The average molecular weight is 321 g/mol. The number of aliphatic imine (C=N–C) groups is 1. The van der Waals surface area contributed by atoms with Gasteiger partial charge in [0.15, 0.2) is 5.96 Å². The SMILES string of the molecule is CN=C(NCCCCOc1ccc(F)cc1)N1CCC(C)CC1. The Kier molecular flexibility index (Phi) is 7.17. The van der Waals surface area contributed by atoms with E-state index in [2.05, 4.69) is 22.1 Å². The number of nitrogens with zero attached hydrogens (tertiary/aromatic N) is 2. The number of ether oxygens (including phenoxy) is 1. The van der Waals surface area contributed by atoms with Gasteiger partial charge in [0, 0.05) is 26.7 Å². The molecule has 1 N–H and O–H groups in total. The number of halogens is 1. The van der Waals surface area contributed by atoms with Gasteiger partial charge in [-0.25, -0.2) is 4.39 Å². The number of unbranched alkanes of at least 4 members (excludes halogenated alkanes) is 1. The first-order valence-electron chi connectivity index (χ1n) is 8.53. The summed E-state index contributed by atoms with van der Waals surface area (Å²) in [7, 11) is 1.85. The van der Waals surface area contributed by atoms with Gasteiger partial charge in [-0.15, -0.1) is 0 Å². The second kappa shape index (κ2) is 9.38. The van der Waals surface area contributed by atoms with Crippen LogP contribution in [0.3, 0.4) is 0 Å². The first-order chi connectivity index (χ1) is 11.2. The first-order valence-corrected chi connectivity index (χ1v) is 8.53. The van der Waals surface area contributed by atoms with E-state index in [4.69, 9.17) is 4.74 Å². The Labute approximate surface area is 138 Å². The molecule has 0 atom stereocenters. The van der Waals surface area contributed by atoms with Crippen LogP contribution in [-0.4, -0.2) is 44.1 Å². The van der Waals surface area contributed by atoms with Crippen molar-refractivity contribution in [2.45, 2.75) is 32.6 Å². The quantitative estimate of drug-likeness (QED) is 0.496. The zero-order chi connectivity index (χ0) is 16.5. The molecule has 1 aromatic carbocycles. The summed E-state index contributed by atoms with van der Waals surface area (Å²) in [6, 6.07) is 6.15. The van der Waals surface area contributed by atoms with Crippen molar-refractivity contribution in [2.75, 3.05) is 33.3 Å². The van der Waals surface area contributed by atoms with Crippen LogP contribution in [-0.2, 0) is 0 Å². The minimum Gasteiger partial charge on any atom is -0.494 e. The Morgan fingerprint density at radius 3 is 2.61 bits per heavy atom. The van der Waals surface area contributed by atoms with Crippen LogP contribution < -0.4 is 10.1 Å². The molecule has 1 aromatic rings. The van der Waals surface area contributed by atoms with E-state index < -0.39 is 0 Å². The summed E-state index contributed by atoms with van der Waals surface area (Å²) < 4.78 is 18.4. The molecule has 4 nitrogen and oxygen atoms in total. The van der Waals surface area contributed by atoms with Crippen LogP contribution in [0.2, 0.25) is 0 Å². The maximum absolute atomic E-state index is 12.8. The highest BCUT2D eigenvalue weighted by Crippen LogP contribution is 2.16. The molecule has 1 fully saturated rings. The Hall–Kier alpha value is -1.78. The molecule has 0 aliphatic carbocycles. The number of hydrogen-bond donors (Lipinski definition) is 1. The smallest absolute Gasteiger partial charge is 0.193 e. The second-order valence-electron chi connectivity index (χ2n) is 6.15. The minimum absolute atomic E-state index is 0.236. The van der Waals surface area contributed by atoms with Crippen LogP contribution in [0.4, 0.5) is 4.39 Å². The van der Waals surface area contributed by atoms with Gasteiger partial charge in [-0.2, -0.15) is 0 Å². The molecule has 0 saturated carbocycles. The van der Waals surface area contributed by atoms with E-state index in [-0.39, 0.29) is 5.82 Å². The fraction of sp³-hybridized carbons (Fsp3) is 0.611. The van der Waals surface area contributed by atoms with Gasteiger partial charge in [-0.3, -0.25) is 4.99 Å². The number of likely N-dealkylation sites (tertiary alicyclic amines) is 1. The lowest BCUT2D eigenvalue weighted by Gasteiger charge is -2.32. The molecule has 1 heterocycles. The van der Waals surface area contributed by atoms with E-state index in [1.165, 1.54) is 25.0 Å². The molecule has 23 heavy (non-hydrogen) atoms. The molecule has 0 amide bonds. The third kappa shape index (κ3) is 6.08. The lowest BCUT2D eigenvalue weighted by molar-refractivity contribution is 0.272. The van der Waals surface area contributed by atoms with E-state index in [1.807, 2.05) is 7.05 Å². The van der Waals surface area contributed by atoms with Crippen molar-refractivity contribution < 1.29 is 9.13 Å². The highest BCUT2D eigenvalue weighted by atomic mass is 19.1. The van der Waals surface area contributed by atoms with E-state index in [1.54, 1.807) is 12.1 Å². The van der Waals surface area contributed by atoms with Gasteiger partial charge in [0.1, 0.15) is 11.6 Å². The number of rotatable bonds is 6. The van der Waals surface area contributed by atoms with Crippen molar-refractivity contribution in [1.29, 1.82) is 0 Å². The molecule has 0 spiro atoms. The third-order valence-corrected chi connectivity index (χ3v) is 4.23. The van der Waals surface area contributed by atoms with Crippen LogP contribution in [0.1, 0.15) is 32.6 Å². The van der Waals surface area contributed by atoms with Crippen molar-refractivity contribution in [3.63, 3.8) is 0 Å². The van der Waals surface area contributed by atoms with Crippen LogP contribution >= 0.6 is 0 Å². The molecule has 2 rings (SSSR count). The Balaban J connectivity index is 1.58. The van der Waals surface area contributed by atoms with Crippen LogP contribution in [0, 0.1) is 11.7 Å². The van der Waals surface area contributed by atoms with Crippen molar-refractivity contribution >= 4 is 5.96 Å². The molecule has 1 saturated heterocycles. The summed E-state index contributed by atoms with van der Waals surface area (Å²) in [6.07, 6.45) is 4.46. The van der Waals surface area contributed by atoms with Crippen molar-refractivity contribution in [3.8, 4) is 5.75 Å². The maximum Gasteiger partial charge on any atom is 0.193 e. The van der Waals surface area contributed by atoms with E-state index >= 15 is 0 Å². The lowest BCUT2D eigenvalue weighted by atomic mass is 10.00. The molecular formula is C18H28FN3O. The molecule has 5 heteroatoms. The van der Waals surface area contributed by atoms with Gasteiger partial charge in [0.05, 0.1) is 6.61 Å². The number of guanidine groups is 1. The van der Waals surface area contributed by atoms with E-state index in [0.717, 1.165) is 50.1 Å². The average Bonchev–Trinajstić information content (AvgIpc) is 2.57. The Morgan fingerprint density at radius 1 is 1.26 bits per heavy atom. The summed E-state index contributed by atoms with van der Waals surface area (Å²) in [6.45, 7) is 6.04. The zero-order valence-corrected chi connectivity index (χ0v) is 14.2. The highest BCUT2D eigenvalue weighted by Gasteiger charge is 2.18. The summed E-state index contributed by atoms with van der Waals surface area (Å²) in [5.41, 5.74) is 0. The van der Waals surface area contributed by atoms with Gasteiger partial charge in [-0.05, 0) is 55.9 Å². The lowest BCUT2D eigenvalue weighted by Crippen LogP contribution is -2.45. The van der Waals surface area contributed by atoms with Gasteiger partial charge in [0.2, 0.25) is 0 Å². The number of hydrogen-bond acceptors (Lipinski definition) is 2. The monoisotopic (exact) mass is 321 g/mol. The number of piperidine rings is 1. The molecule has 1 aliphatic rings. The summed E-state index contributed by atoms with van der Waals surface area (Å²) in [4.78, 5) is 6.72. The number of benzene rings is 1. The topological polar surface area (TPSA) is 36.9 Å². The van der Waals surface area contributed by atoms with Crippen molar-refractivity contribution in [1.82, 2.24) is 10.2 Å². The standard InChI is InChI=1S/C18H28FN3O/c1-15-9-12-22(13-10-15)18(20-2)21-11-3-4-14-23-17-7-5-16(19)6-8-17/h5-8,15H,3-4,9-14H2,1-2H3,(H,20,21). The molecular weight excluding hydrogens is 293 g/mol. The van der Waals surface area contributed by atoms with Crippen LogP contribution in [0.25, 0.3) is 0 Å². The molecule has 0 unspecified atom stereocenters. The molecule has 128 valence electrons. The molecule has 0 bridgehead atoms. The predicted molar refractivity (Wildman–Crippen MR) is 92.5 cm³/mol. The first kappa shape index (κ1) is 17.6. The predicted octanol–water partition coefficient (Wildman–Crippen LogP) is 3.29. The maximum atomic E-state index is 12.8. The third-order valence-electron chi connectivity index (χ3n) is 4.23. The number of nitrogens with one attached hydrogen (secondary N) is 1. The van der Waals surface area contributed by atoms with Crippen molar-refractivity contribution in [2.24, 2.45) is 10.9 Å². The summed E-state index contributed by atoms with van der Waals surface area (Å²) in [5.74, 6) is 2.32. The highest BCUT2D eigenvalue weighted by molar-refractivity contribution is 5.79. The zero-order valence-electron chi connectivity index (χ0n) is 14.2. The summed E-state index contributed by atoms with van der Waals surface area (Å²) in [5, 5.41) is 3.43. The minimum atomic E-state index is -0.236. The molecule has 0 radical (unpaired) electrons. The van der Waals surface area contributed by atoms with Gasteiger partial charge in [-0.1, -0.05) is 6.92 Å². The van der Waals surface area contributed by atoms with E-state index in [0.29, 0.717) is 6.61 Å². The van der Waals surface area contributed by atoms with Gasteiger partial charge in [0.25, 0.3) is 0 Å². The second-order valence-corrected chi connectivity index (χ2v) is 6.15. The molecule has 1 aliphatic heterocycles. The van der Waals surface area contributed by atoms with Gasteiger partial charge < -0.3 is 15.0 Å².